The Kier molecular flexibility index (Phi) is 4.20. The maximum atomic E-state index is 12.1. The molecule has 0 radical (unpaired) electrons. The molecule has 2 rings (SSSR count). The van der Waals surface area contributed by atoms with Crippen molar-refractivity contribution in [3.05, 3.63) is 51.3 Å². The largest absolute Gasteiger partial charge is 0.384 e. The van der Waals surface area contributed by atoms with Gasteiger partial charge in [-0.2, -0.15) is 5.10 Å². The summed E-state index contributed by atoms with van der Waals surface area (Å²) in [6, 6.07) is 8.67. The third kappa shape index (κ3) is 2.88. The summed E-state index contributed by atoms with van der Waals surface area (Å²) < 4.78 is 1.35. The Bertz CT molecular complexity index is 691. The van der Waals surface area contributed by atoms with Gasteiger partial charge in [0.2, 0.25) is 0 Å². The summed E-state index contributed by atoms with van der Waals surface area (Å²) in [5, 5.41) is 12.5. The number of aryl methyl sites for hydroxylation is 1. The lowest BCUT2D eigenvalue weighted by atomic mass is 10.1. The average molecular weight is 291 g/mol. The maximum Gasteiger partial charge on any atom is 0.277 e. The first-order chi connectivity index (χ1) is 9.52. The number of nitrogens with zero attached hydrogens (tertiary/aromatic N) is 2. The fraction of sp³-hybridized carbons (Fsp3) is 0.214. The Morgan fingerprint density at radius 1 is 1.40 bits per heavy atom. The van der Waals surface area contributed by atoms with Crippen molar-refractivity contribution in [3.8, 4) is 11.3 Å². The predicted molar refractivity (Wildman–Crippen MR) is 80.3 cm³/mol. The van der Waals surface area contributed by atoms with E-state index in [-0.39, 0.29) is 17.0 Å². The number of halogens is 1. The Morgan fingerprint density at radius 2 is 2.05 bits per heavy atom. The van der Waals surface area contributed by atoms with Crippen molar-refractivity contribution in [2.45, 2.75) is 19.9 Å². The smallest absolute Gasteiger partial charge is 0.277 e. The van der Waals surface area contributed by atoms with Gasteiger partial charge in [0.25, 0.3) is 5.56 Å². The minimum Gasteiger partial charge on any atom is -0.384 e. The van der Waals surface area contributed by atoms with Crippen LogP contribution in [0.15, 0.2) is 35.1 Å². The van der Waals surface area contributed by atoms with Crippen molar-refractivity contribution in [3.63, 3.8) is 0 Å². The molecule has 3 N–H and O–H groups in total. The number of rotatable bonds is 4. The number of hydrogen-bond acceptors (Lipinski definition) is 3. The Hall–Kier alpha value is -2.14. The molecular formula is C14H15ClN4O. The van der Waals surface area contributed by atoms with Gasteiger partial charge in [0.1, 0.15) is 5.84 Å². The zero-order valence-electron chi connectivity index (χ0n) is 11.1. The highest BCUT2D eigenvalue weighted by molar-refractivity contribution is 6.30. The predicted octanol–water partition coefficient (Wildman–Crippen LogP) is 2.26. The second-order valence-electron chi connectivity index (χ2n) is 4.39. The summed E-state index contributed by atoms with van der Waals surface area (Å²) in [4.78, 5) is 12.1. The fourth-order valence-electron chi connectivity index (χ4n) is 1.86. The molecule has 0 unspecified atom stereocenters. The van der Waals surface area contributed by atoms with Crippen LogP contribution < -0.4 is 11.3 Å². The van der Waals surface area contributed by atoms with Gasteiger partial charge in [0.15, 0.2) is 0 Å². The van der Waals surface area contributed by atoms with E-state index in [1.165, 1.54) is 4.68 Å². The van der Waals surface area contributed by atoms with Crippen LogP contribution >= 0.6 is 11.6 Å². The Balaban J connectivity index is 2.61. The molecule has 104 valence electrons. The SMILES string of the molecule is CCCn1nc(-c2ccc(Cl)cc2)cc(C(=N)N)c1=O. The molecule has 0 saturated heterocycles. The number of nitrogen functional groups attached to an aromatic ring is 1. The molecule has 1 aromatic heterocycles. The Labute approximate surface area is 121 Å². The molecule has 20 heavy (non-hydrogen) atoms. The van der Waals surface area contributed by atoms with Gasteiger partial charge in [-0.25, -0.2) is 4.68 Å². The molecule has 0 aliphatic heterocycles. The molecular weight excluding hydrogens is 276 g/mol. The normalized spacial score (nSPS) is 10.5. The average Bonchev–Trinajstić information content (AvgIpc) is 2.42. The van der Waals surface area contributed by atoms with Crippen molar-refractivity contribution in [2.24, 2.45) is 5.73 Å². The van der Waals surface area contributed by atoms with Crippen LogP contribution in [0.25, 0.3) is 11.3 Å². The molecule has 0 bridgehead atoms. The summed E-state index contributed by atoms with van der Waals surface area (Å²) in [5.41, 5.74) is 6.72. The van der Waals surface area contributed by atoms with E-state index in [0.717, 1.165) is 12.0 Å². The van der Waals surface area contributed by atoms with Crippen molar-refractivity contribution in [2.75, 3.05) is 0 Å². The first-order valence-corrected chi connectivity index (χ1v) is 6.63. The highest BCUT2D eigenvalue weighted by atomic mass is 35.5. The quantitative estimate of drug-likeness (QED) is 0.669. The van der Waals surface area contributed by atoms with E-state index in [0.29, 0.717) is 17.3 Å². The van der Waals surface area contributed by atoms with Crippen LogP contribution in [-0.4, -0.2) is 15.6 Å². The van der Waals surface area contributed by atoms with Gasteiger partial charge in [-0.3, -0.25) is 10.2 Å². The van der Waals surface area contributed by atoms with Gasteiger partial charge in [0.05, 0.1) is 11.3 Å². The zero-order valence-corrected chi connectivity index (χ0v) is 11.8. The molecule has 6 heteroatoms. The van der Waals surface area contributed by atoms with Crippen LogP contribution in [0, 0.1) is 5.41 Å². The molecule has 0 amide bonds. The highest BCUT2D eigenvalue weighted by Crippen LogP contribution is 2.19. The molecule has 5 nitrogen and oxygen atoms in total. The van der Waals surface area contributed by atoms with E-state index in [1.54, 1.807) is 18.2 Å². The van der Waals surface area contributed by atoms with Crippen LogP contribution in [0.2, 0.25) is 5.02 Å². The molecule has 2 aromatic rings. The summed E-state index contributed by atoms with van der Waals surface area (Å²) in [5.74, 6) is -0.252. The minimum absolute atomic E-state index is 0.165. The van der Waals surface area contributed by atoms with E-state index >= 15 is 0 Å². The highest BCUT2D eigenvalue weighted by Gasteiger charge is 2.11. The summed E-state index contributed by atoms with van der Waals surface area (Å²) in [7, 11) is 0. The van der Waals surface area contributed by atoms with E-state index in [2.05, 4.69) is 5.10 Å². The minimum atomic E-state index is -0.336. The lowest BCUT2D eigenvalue weighted by molar-refractivity contribution is 0.569. The molecule has 0 aliphatic rings. The van der Waals surface area contributed by atoms with Crippen LogP contribution in [0.1, 0.15) is 18.9 Å². The summed E-state index contributed by atoms with van der Waals surface area (Å²) in [6.07, 6.45) is 0.772. The van der Waals surface area contributed by atoms with Crippen molar-refractivity contribution in [1.29, 1.82) is 5.41 Å². The molecule has 0 saturated carbocycles. The molecule has 0 atom stereocenters. The molecule has 0 spiro atoms. The van der Waals surface area contributed by atoms with Gasteiger partial charge in [-0.05, 0) is 24.6 Å². The lowest BCUT2D eigenvalue weighted by Crippen LogP contribution is -2.31. The molecule has 0 aliphatic carbocycles. The van der Waals surface area contributed by atoms with E-state index in [1.807, 2.05) is 19.1 Å². The molecule has 1 aromatic carbocycles. The van der Waals surface area contributed by atoms with Gasteiger partial charge >= 0.3 is 0 Å². The number of nitrogens with two attached hydrogens (primary N) is 1. The van der Waals surface area contributed by atoms with E-state index < -0.39 is 0 Å². The summed E-state index contributed by atoms with van der Waals surface area (Å²) in [6.45, 7) is 2.44. The number of nitrogens with one attached hydrogen (secondary N) is 1. The number of benzene rings is 1. The van der Waals surface area contributed by atoms with Crippen molar-refractivity contribution in [1.82, 2.24) is 9.78 Å². The topological polar surface area (TPSA) is 84.8 Å². The lowest BCUT2D eigenvalue weighted by Gasteiger charge is -2.09. The molecule has 1 heterocycles. The standard InChI is InChI=1S/C14H15ClN4O/c1-2-7-19-14(20)11(13(16)17)8-12(18-19)9-3-5-10(15)6-4-9/h3-6,8H,2,7H2,1H3,(H3,16,17). The second kappa shape index (κ2) is 5.88. The van der Waals surface area contributed by atoms with Crippen LogP contribution in [0.3, 0.4) is 0 Å². The second-order valence-corrected chi connectivity index (χ2v) is 4.83. The molecule has 0 fully saturated rings. The third-order valence-electron chi connectivity index (χ3n) is 2.84. The van der Waals surface area contributed by atoms with Crippen molar-refractivity contribution >= 4 is 17.4 Å². The Morgan fingerprint density at radius 3 is 2.60 bits per heavy atom. The van der Waals surface area contributed by atoms with Crippen molar-refractivity contribution < 1.29 is 0 Å². The van der Waals surface area contributed by atoms with Gasteiger partial charge < -0.3 is 5.73 Å². The first-order valence-electron chi connectivity index (χ1n) is 6.25. The number of hydrogen-bond donors (Lipinski definition) is 2. The monoisotopic (exact) mass is 290 g/mol. The first kappa shape index (κ1) is 14.3. The van der Waals surface area contributed by atoms with Gasteiger partial charge in [-0.15, -0.1) is 0 Å². The zero-order chi connectivity index (χ0) is 14.7. The number of aromatic nitrogens is 2. The van der Waals surface area contributed by atoms with Gasteiger partial charge in [-0.1, -0.05) is 30.7 Å². The van der Waals surface area contributed by atoms with Crippen LogP contribution in [0.4, 0.5) is 0 Å². The van der Waals surface area contributed by atoms with Crippen LogP contribution in [-0.2, 0) is 6.54 Å². The van der Waals surface area contributed by atoms with E-state index in [9.17, 15) is 4.79 Å². The number of amidine groups is 1. The summed E-state index contributed by atoms with van der Waals surface area (Å²) >= 11 is 5.86. The fourth-order valence-corrected chi connectivity index (χ4v) is 1.99. The maximum absolute atomic E-state index is 12.1. The third-order valence-corrected chi connectivity index (χ3v) is 3.09. The van der Waals surface area contributed by atoms with E-state index in [4.69, 9.17) is 22.7 Å². The van der Waals surface area contributed by atoms with Gasteiger partial charge in [0, 0.05) is 17.1 Å². The van der Waals surface area contributed by atoms with Crippen LogP contribution in [0.5, 0.6) is 0 Å².